The first-order chi connectivity index (χ1) is 9.58. The van der Waals surface area contributed by atoms with Crippen LogP contribution >= 0.6 is 0 Å². The SMILES string of the molecule is CC(=O)N(C)c1ccc(NCC2CCCCO2)c(N)c1. The molecule has 1 amide bonds. The number of nitrogens with two attached hydrogens (primary N) is 1. The van der Waals surface area contributed by atoms with Gasteiger partial charge in [-0.3, -0.25) is 4.79 Å². The quantitative estimate of drug-likeness (QED) is 0.828. The molecule has 5 nitrogen and oxygen atoms in total. The maximum absolute atomic E-state index is 11.3. The maximum Gasteiger partial charge on any atom is 0.223 e. The summed E-state index contributed by atoms with van der Waals surface area (Å²) in [5, 5.41) is 3.32. The molecule has 1 atom stereocenters. The zero-order chi connectivity index (χ0) is 14.5. The molecule has 1 heterocycles. The van der Waals surface area contributed by atoms with Gasteiger partial charge in [-0.1, -0.05) is 0 Å². The normalized spacial score (nSPS) is 18.6. The summed E-state index contributed by atoms with van der Waals surface area (Å²) in [4.78, 5) is 12.9. The monoisotopic (exact) mass is 277 g/mol. The Labute approximate surface area is 120 Å². The molecule has 1 saturated heterocycles. The first kappa shape index (κ1) is 14.7. The molecule has 110 valence electrons. The van der Waals surface area contributed by atoms with Gasteiger partial charge in [0.25, 0.3) is 0 Å². The first-order valence-electron chi connectivity index (χ1n) is 7.07. The van der Waals surface area contributed by atoms with Crippen LogP contribution in [-0.4, -0.2) is 32.2 Å². The zero-order valence-corrected chi connectivity index (χ0v) is 12.2. The standard InChI is InChI=1S/C15H23N3O2/c1-11(19)18(2)12-6-7-15(14(16)9-12)17-10-13-5-3-4-8-20-13/h6-7,9,13,17H,3-5,8,10,16H2,1-2H3. The van der Waals surface area contributed by atoms with Crippen LogP contribution in [0.3, 0.4) is 0 Å². The van der Waals surface area contributed by atoms with E-state index in [2.05, 4.69) is 5.32 Å². The van der Waals surface area contributed by atoms with Crippen LogP contribution in [0.1, 0.15) is 26.2 Å². The topological polar surface area (TPSA) is 67.6 Å². The molecular formula is C15H23N3O2. The highest BCUT2D eigenvalue weighted by Gasteiger charge is 2.14. The molecule has 1 aromatic carbocycles. The van der Waals surface area contributed by atoms with Gasteiger partial charge in [0.05, 0.1) is 17.5 Å². The first-order valence-corrected chi connectivity index (χ1v) is 7.07. The number of anilines is 3. The molecule has 2 rings (SSSR count). The highest BCUT2D eigenvalue weighted by atomic mass is 16.5. The van der Waals surface area contributed by atoms with E-state index in [1.54, 1.807) is 11.9 Å². The molecule has 0 radical (unpaired) electrons. The van der Waals surface area contributed by atoms with E-state index in [1.165, 1.54) is 13.3 Å². The molecule has 3 N–H and O–H groups in total. The molecular weight excluding hydrogens is 254 g/mol. The van der Waals surface area contributed by atoms with E-state index in [1.807, 2.05) is 18.2 Å². The molecule has 20 heavy (non-hydrogen) atoms. The Kier molecular flexibility index (Phi) is 4.84. The third kappa shape index (κ3) is 3.63. The van der Waals surface area contributed by atoms with Gasteiger partial charge in [0.2, 0.25) is 5.91 Å². The van der Waals surface area contributed by atoms with Gasteiger partial charge in [0.15, 0.2) is 0 Å². The Morgan fingerprint density at radius 2 is 2.30 bits per heavy atom. The third-order valence-corrected chi connectivity index (χ3v) is 3.69. The lowest BCUT2D eigenvalue weighted by Crippen LogP contribution is -2.27. The fourth-order valence-corrected chi connectivity index (χ4v) is 2.29. The predicted molar refractivity (Wildman–Crippen MR) is 82.0 cm³/mol. The van der Waals surface area contributed by atoms with Crippen molar-refractivity contribution in [3.05, 3.63) is 18.2 Å². The molecule has 1 fully saturated rings. The van der Waals surface area contributed by atoms with Gasteiger partial charge in [-0.05, 0) is 37.5 Å². The summed E-state index contributed by atoms with van der Waals surface area (Å²) < 4.78 is 5.68. The van der Waals surface area contributed by atoms with E-state index in [-0.39, 0.29) is 12.0 Å². The summed E-state index contributed by atoms with van der Waals surface area (Å²) in [6.07, 6.45) is 3.75. The van der Waals surface area contributed by atoms with Crippen LogP contribution in [0.25, 0.3) is 0 Å². The Morgan fingerprint density at radius 3 is 2.90 bits per heavy atom. The van der Waals surface area contributed by atoms with Crippen molar-refractivity contribution in [3.63, 3.8) is 0 Å². The predicted octanol–water partition coefficient (Wildman–Crippen LogP) is 2.23. The van der Waals surface area contributed by atoms with Gasteiger partial charge >= 0.3 is 0 Å². The lowest BCUT2D eigenvalue weighted by atomic mass is 10.1. The van der Waals surface area contributed by atoms with Gasteiger partial charge in [-0.25, -0.2) is 0 Å². The lowest BCUT2D eigenvalue weighted by Gasteiger charge is -2.24. The highest BCUT2D eigenvalue weighted by Crippen LogP contribution is 2.25. The van der Waals surface area contributed by atoms with Crippen LogP contribution in [0, 0.1) is 0 Å². The molecule has 0 spiro atoms. The van der Waals surface area contributed by atoms with Crippen molar-refractivity contribution in [1.29, 1.82) is 0 Å². The summed E-state index contributed by atoms with van der Waals surface area (Å²) in [7, 11) is 1.74. The number of amides is 1. The summed E-state index contributed by atoms with van der Waals surface area (Å²) >= 11 is 0. The molecule has 1 unspecified atom stereocenters. The van der Waals surface area contributed by atoms with E-state index in [9.17, 15) is 4.79 Å². The summed E-state index contributed by atoms with van der Waals surface area (Å²) in [5.74, 6) is -0.0132. The van der Waals surface area contributed by atoms with Crippen LogP contribution in [0.4, 0.5) is 17.1 Å². The minimum Gasteiger partial charge on any atom is -0.397 e. The fourth-order valence-electron chi connectivity index (χ4n) is 2.29. The molecule has 1 aliphatic heterocycles. The molecule has 0 bridgehead atoms. The number of nitrogen functional groups attached to an aromatic ring is 1. The van der Waals surface area contributed by atoms with Crippen LogP contribution in [0.5, 0.6) is 0 Å². The number of carbonyl (C=O) groups is 1. The summed E-state index contributed by atoms with van der Waals surface area (Å²) in [6, 6.07) is 5.61. The number of hydrogen-bond donors (Lipinski definition) is 2. The van der Waals surface area contributed by atoms with Gasteiger partial charge < -0.3 is 20.7 Å². The second-order valence-electron chi connectivity index (χ2n) is 5.22. The maximum atomic E-state index is 11.3. The Balaban J connectivity index is 1.96. The molecule has 0 saturated carbocycles. The number of carbonyl (C=O) groups excluding carboxylic acids is 1. The Hall–Kier alpha value is -1.75. The number of rotatable bonds is 4. The minimum absolute atomic E-state index is 0.0132. The van der Waals surface area contributed by atoms with E-state index in [0.717, 1.165) is 37.4 Å². The number of ether oxygens (including phenoxy) is 1. The van der Waals surface area contributed by atoms with Crippen LogP contribution in [-0.2, 0) is 9.53 Å². The van der Waals surface area contributed by atoms with Crippen molar-refractivity contribution in [2.75, 3.05) is 36.1 Å². The average Bonchev–Trinajstić information content (AvgIpc) is 2.46. The third-order valence-electron chi connectivity index (χ3n) is 3.69. The minimum atomic E-state index is -0.0132. The molecule has 5 heteroatoms. The average molecular weight is 277 g/mol. The van der Waals surface area contributed by atoms with Crippen molar-refractivity contribution in [2.45, 2.75) is 32.3 Å². The van der Waals surface area contributed by atoms with Gasteiger partial charge in [-0.2, -0.15) is 0 Å². The summed E-state index contributed by atoms with van der Waals surface area (Å²) in [5.41, 5.74) is 8.37. The van der Waals surface area contributed by atoms with Crippen molar-refractivity contribution in [3.8, 4) is 0 Å². The Morgan fingerprint density at radius 1 is 1.50 bits per heavy atom. The van der Waals surface area contributed by atoms with E-state index in [4.69, 9.17) is 10.5 Å². The van der Waals surface area contributed by atoms with Crippen molar-refractivity contribution < 1.29 is 9.53 Å². The second kappa shape index (κ2) is 6.61. The molecule has 1 aromatic rings. The summed E-state index contributed by atoms with van der Waals surface area (Å²) in [6.45, 7) is 3.15. The van der Waals surface area contributed by atoms with Gasteiger partial charge in [0, 0.05) is 32.8 Å². The van der Waals surface area contributed by atoms with Gasteiger partial charge in [-0.15, -0.1) is 0 Å². The Bertz CT molecular complexity index is 470. The fraction of sp³-hybridized carbons (Fsp3) is 0.533. The number of hydrogen-bond acceptors (Lipinski definition) is 4. The van der Waals surface area contributed by atoms with E-state index < -0.39 is 0 Å². The van der Waals surface area contributed by atoms with E-state index >= 15 is 0 Å². The highest BCUT2D eigenvalue weighted by molar-refractivity contribution is 5.92. The largest absolute Gasteiger partial charge is 0.397 e. The smallest absolute Gasteiger partial charge is 0.223 e. The molecule has 1 aliphatic rings. The number of benzene rings is 1. The van der Waals surface area contributed by atoms with Crippen molar-refractivity contribution in [1.82, 2.24) is 0 Å². The second-order valence-corrected chi connectivity index (χ2v) is 5.22. The van der Waals surface area contributed by atoms with Crippen molar-refractivity contribution >= 4 is 23.0 Å². The van der Waals surface area contributed by atoms with Gasteiger partial charge in [0.1, 0.15) is 0 Å². The van der Waals surface area contributed by atoms with Crippen LogP contribution in [0.2, 0.25) is 0 Å². The molecule has 0 aliphatic carbocycles. The number of nitrogens with zero attached hydrogens (tertiary/aromatic N) is 1. The zero-order valence-electron chi connectivity index (χ0n) is 12.2. The number of nitrogens with one attached hydrogen (secondary N) is 1. The molecule has 0 aromatic heterocycles. The van der Waals surface area contributed by atoms with E-state index in [0.29, 0.717) is 5.69 Å². The van der Waals surface area contributed by atoms with Crippen LogP contribution < -0.4 is 16.0 Å². The van der Waals surface area contributed by atoms with Crippen molar-refractivity contribution in [2.24, 2.45) is 0 Å². The van der Waals surface area contributed by atoms with Crippen LogP contribution in [0.15, 0.2) is 18.2 Å². The lowest BCUT2D eigenvalue weighted by molar-refractivity contribution is -0.116.